The number of nitriles is 1. The van der Waals surface area contributed by atoms with Crippen LogP contribution >= 0.6 is 11.3 Å². The third-order valence-corrected chi connectivity index (χ3v) is 5.61. The van der Waals surface area contributed by atoms with Crippen molar-refractivity contribution < 1.29 is 37.3 Å². The molecule has 1 heterocycles. The maximum Gasteiger partial charge on any atom is 0.510 e. The number of carboxylic acids is 1. The molecule has 0 saturated carbocycles. The van der Waals surface area contributed by atoms with Gasteiger partial charge >= 0.3 is 18.3 Å². The van der Waals surface area contributed by atoms with Gasteiger partial charge in [-0.15, -0.1) is 11.3 Å². The standard InChI is InChI=1S/C22H22F3N5O5S/c1-11-16(28-18(36-11)13-5-7-14(8-6-13)22(23,24)25)17(15(27)9-26)30-29-12(2)35-20(33)34-10-21(3,4)19(31)32/h5-8,12,27,29H,10H2,1-4H3,(H,31,32)/b27-15?,30-17+. The number of carbonyl (C=O) groups excluding carboxylic acids is 1. The van der Waals surface area contributed by atoms with E-state index in [1.807, 2.05) is 0 Å². The molecule has 2 aromatic rings. The van der Waals surface area contributed by atoms with Gasteiger partial charge in [0.15, 0.2) is 11.9 Å². The summed E-state index contributed by atoms with van der Waals surface area (Å²) < 4.78 is 48.2. The van der Waals surface area contributed by atoms with Crippen LogP contribution in [0, 0.1) is 29.1 Å². The SMILES string of the molecule is Cc1sc(-c2ccc(C(F)(F)F)cc2)nc1/C(=N/NC(C)OC(=O)OCC(C)(C)C(=O)O)C(=N)C#N. The van der Waals surface area contributed by atoms with Crippen LogP contribution in [0.25, 0.3) is 10.6 Å². The van der Waals surface area contributed by atoms with Crippen molar-refractivity contribution in [2.75, 3.05) is 6.61 Å². The van der Waals surface area contributed by atoms with Gasteiger partial charge in [0.1, 0.15) is 29.1 Å². The second kappa shape index (κ2) is 11.2. The number of halogens is 3. The minimum absolute atomic E-state index is 0.145. The van der Waals surface area contributed by atoms with Gasteiger partial charge in [0.25, 0.3) is 0 Å². The van der Waals surface area contributed by atoms with Crippen LogP contribution in [0.1, 0.15) is 36.9 Å². The number of hydrazone groups is 1. The molecule has 192 valence electrons. The van der Waals surface area contributed by atoms with E-state index in [0.717, 1.165) is 23.5 Å². The maximum absolute atomic E-state index is 12.8. The number of aryl methyl sites for hydroxylation is 1. The molecule has 0 aliphatic carbocycles. The fourth-order valence-electron chi connectivity index (χ4n) is 2.48. The van der Waals surface area contributed by atoms with E-state index in [1.165, 1.54) is 32.9 Å². The van der Waals surface area contributed by atoms with Crippen LogP contribution in [-0.4, -0.2) is 46.5 Å². The lowest BCUT2D eigenvalue weighted by molar-refractivity contribution is -0.149. The molecule has 0 aliphatic heterocycles. The fourth-order valence-corrected chi connectivity index (χ4v) is 3.40. The molecule has 1 atom stereocenters. The molecule has 1 aromatic heterocycles. The number of hydrogen-bond acceptors (Lipinski definition) is 10. The lowest BCUT2D eigenvalue weighted by Gasteiger charge is -2.19. The summed E-state index contributed by atoms with van der Waals surface area (Å²) >= 11 is 1.13. The van der Waals surface area contributed by atoms with Crippen molar-refractivity contribution in [1.82, 2.24) is 10.4 Å². The summed E-state index contributed by atoms with van der Waals surface area (Å²) in [7, 11) is 0. The van der Waals surface area contributed by atoms with Crippen LogP contribution in [0.2, 0.25) is 0 Å². The van der Waals surface area contributed by atoms with Gasteiger partial charge in [0.2, 0.25) is 0 Å². The first-order valence-electron chi connectivity index (χ1n) is 10.2. The molecule has 36 heavy (non-hydrogen) atoms. The predicted octanol–water partition coefficient (Wildman–Crippen LogP) is 4.58. The van der Waals surface area contributed by atoms with Crippen molar-refractivity contribution in [3.63, 3.8) is 0 Å². The normalized spacial score (nSPS) is 12.9. The van der Waals surface area contributed by atoms with Crippen molar-refractivity contribution in [1.29, 1.82) is 10.7 Å². The highest BCUT2D eigenvalue weighted by molar-refractivity contribution is 7.15. The van der Waals surface area contributed by atoms with Crippen LogP contribution in [0.4, 0.5) is 18.0 Å². The van der Waals surface area contributed by atoms with Gasteiger partial charge in [-0.3, -0.25) is 15.6 Å². The summed E-state index contributed by atoms with van der Waals surface area (Å²) in [6.45, 7) is 5.31. The molecule has 0 fully saturated rings. The van der Waals surface area contributed by atoms with E-state index < -0.39 is 47.8 Å². The van der Waals surface area contributed by atoms with Gasteiger partial charge in [0, 0.05) is 10.4 Å². The molecule has 14 heteroatoms. The van der Waals surface area contributed by atoms with Crippen molar-refractivity contribution in [3.8, 4) is 16.6 Å². The average molecular weight is 526 g/mol. The van der Waals surface area contributed by atoms with Crippen molar-refractivity contribution >= 4 is 34.9 Å². The molecule has 2 rings (SSSR count). The zero-order valence-electron chi connectivity index (χ0n) is 19.6. The summed E-state index contributed by atoms with van der Waals surface area (Å²) in [4.78, 5) is 27.8. The molecular weight excluding hydrogens is 503 g/mol. The monoisotopic (exact) mass is 525 g/mol. The van der Waals surface area contributed by atoms with E-state index in [9.17, 15) is 28.0 Å². The molecule has 0 radical (unpaired) electrons. The quantitative estimate of drug-likeness (QED) is 0.186. The number of alkyl halides is 3. The first-order chi connectivity index (χ1) is 16.7. The lowest BCUT2D eigenvalue weighted by atomic mass is 9.95. The highest BCUT2D eigenvalue weighted by atomic mass is 32.1. The Balaban J connectivity index is 2.18. The zero-order valence-corrected chi connectivity index (χ0v) is 20.4. The number of thiazole rings is 1. The molecule has 1 aromatic carbocycles. The molecule has 0 spiro atoms. The first kappa shape index (κ1) is 28.2. The third-order valence-electron chi connectivity index (χ3n) is 4.59. The first-order valence-corrected chi connectivity index (χ1v) is 11.0. The smallest absolute Gasteiger partial charge is 0.481 e. The molecule has 10 nitrogen and oxygen atoms in total. The number of carboxylic acid groups (broad SMARTS) is 1. The number of hydrogen-bond donors (Lipinski definition) is 3. The minimum atomic E-state index is -4.48. The molecular formula is C22H22F3N5O5S. The van der Waals surface area contributed by atoms with Crippen LogP contribution < -0.4 is 5.43 Å². The Hall–Kier alpha value is -3.99. The Morgan fingerprint density at radius 1 is 1.31 bits per heavy atom. The summed E-state index contributed by atoms with van der Waals surface area (Å²) in [5, 5.41) is 30.5. The van der Waals surface area contributed by atoms with Gasteiger partial charge in [-0.25, -0.2) is 9.78 Å². The Morgan fingerprint density at radius 2 is 1.92 bits per heavy atom. The van der Waals surface area contributed by atoms with E-state index in [1.54, 1.807) is 13.0 Å². The van der Waals surface area contributed by atoms with Crippen LogP contribution in [0.3, 0.4) is 0 Å². The van der Waals surface area contributed by atoms with E-state index in [-0.39, 0.29) is 11.4 Å². The van der Waals surface area contributed by atoms with Crippen LogP contribution in [0.15, 0.2) is 29.4 Å². The second-order valence-corrected chi connectivity index (χ2v) is 9.27. The number of ether oxygens (including phenoxy) is 2. The van der Waals surface area contributed by atoms with E-state index >= 15 is 0 Å². The molecule has 0 bridgehead atoms. The highest BCUT2D eigenvalue weighted by Gasteiger charge is 2.31. The maximum atomic E-state index is 12.8. The number of nitrogens with zero attached hydrogens (tertiary/aromatic N) is 3. The third kappa shape index (κ3) is 7.25. The summed E-state index contributed by atoms with van der Waals surface area (Å²) in [5.74, 6) is -1.17. The number of aliphatic carboxylic acids is 1. The topological polar surface area (TPSA) is 158 Å². The van der Waals surface area contributed by atoms with Gasteiger partial charge in [-0.2, -0.15) is 23.5 Å². The van der Waals surface area contributed by atoms with Gasteiger partial charge in [0.05, 0.1) is 11.0 Å². The Labute approximate surface area is 207 Å². The average Bonchev–Trinajstić information content (AvgIpc) is 3.18. The van der Waals surface area contributed by atoms with Crippen molar-refractivity contribution in [2.45, 2.75) is 40.1 Å². The van der Waals surface area contributed by atoms with Gasteiger partial charge in [-0.1, -0.05) is 12.1 Å². The Kier molecular flexibility index (Phi) is 8.76. The van der Waals surface area contributed by atoms with Crippen molar-refractivity contribution in [2.24, 2.45) is 10.5 Å². The summed E-state index contributed by atoms with van der Waals surface area (Å²) in [6.07, 6.45) is -6.74. The molecule has 0 saturated heterocycles. The van der Waals surface area contributed by atoms with Gasteiger partial charge < -0.3 is 14.6 Å². The largest absolute Gasteiger partial charge is 0.510 e. The highest BCUT2D eigenvalue weighted by Crippen LogP contribution is 2.33. The van der Waals surface area contributed by atoms with E-state index in [0.29, 0.717) is 15.4 Å². The van der Waals surface area contributed by atoms with Gasteiger partial charge in [-0.05, 0) is 39.8 Å². The molecule has 3 N–H and O–H groups in total. The Bertz CT molecular complexity index is 1220. The molecule has 0 amide bonds. The van der Waals surface area contributed by atoms with E-state index in [4.69, 9.17) is 20.0 Å². The summed E-state index contributed by atoms with van der Waals surface area (Å²) in [5.41, 5.74) is 0.119. The summed E-state index contributed by atoms with van der Waals surface area (Å²) in [6, 6.07) is 6.02. The molecule has 0 aliphatic rings. The lowest BCUT2D eigenvalue weighted by Crippen LogP contribution is -2.33. The molecule has 1 unspecified atom stereocenters. The predicted molar refractivity (Wildman–Crippen MR) is 124 cm³/mol. The number of rotatable bonds is 9. The number of benzene rings is 1. The van der Waals surface area contributed by atoms with E-state index in [2.05, 4.69) is 15.5 Å². The van der Waals surface area contributed by atoms with Crippen LogP contribution in [0.5, 0.6) is 0 Å². The van der Waals surface area contributed by atoms with Crippen LogP contribution in [-0.2, 0) is 20.4 Å². The number of carbonyl (C=O) groups is 2. The zero-order chi connectivity index (χ0) is 27.3. The van der Waals surface area contributed by atoms with Crippen molar-refractivity contribution in [3.05, 3.63) is 40.4 Å². The number of aromatic nitrogens is 1. The minimum Gasteiger partial charge on any atom is -0.481 e. The second-order valence-electron chi connectivity index (χ2n) is 8.06. The number of nitrogens with one attached hydrogen (secondary N) is 2. The Morgan fingerprint density at radius 3 is 2.44 bits per heavy atom. The fraction of sp³-hybridized carbons (Fsp3) is 0.364.